The van der Waals surface area contributed by atoms with Crippen LogP contribution in [0.2, 0.25) is 10.2 Å². The molecule has 26 heavy (non-hydrogen) atoms. The molecule has 0 radical (unpaired) electrons. The van der Waals surface area contributed by atoms with Crippen LogP contribution in [0.25, 0.3) is 0 Å². The maximum Gasteiger partial charge on any atom is 0.180 e. The van der Waals surface area contributed by atoms with Crippen molar-refractivity contribution in [1.82, 2.24) is 19.7 Å². The zero-order chi connectivity index (χ0) is 18.7. The highest BCUT2D eigenvalue weighted by atomic mass is 35.5. The first-order valence-corrected chi connectivity index (χ1v) is 9.98. The standard InChI is InChI=1S/C16H23Cl2N7S/c1-23-10-12(26-11-2-4-21-14(18)13(11)17)15(20)22-16(23)25-8-6-24(5-3-19)7-9-25/h2,4,10,16H,3,5-9,19H2,1H3,(H2,20,22). The van der Waals surface area contributed by atoms with Crippen LogP contribution in [0.1, 0.15) is 0 Å². The van der Waals surface area contributed by atoms with Crippen molar-refractivity contribution in [2.24, 2.45) is 16.5 Å². The van der Waals surface area contributed by atoms with E-state index in [9.17, 15) is 0 Å². The minimum Gasteiger partial charge on any atom is -0.383 e. The van der Waals surface area contributed by atoms with Gasteiger partial charge in [0, 0.05) is 63.6 Å². The molecule has 1 aromatic rings. The number of nitrogens with zero attached hydrogens (tertiary/aromatic N) is 5. The monoisotopic (exact) mass is 415 g/mol. The van der Waals surface area contributed by atoms with E-state index in [4.69, 9.17) is 39.7 Å². The van der Waals surface area contributed by atoms with Gasteiger partial charge in [-0.05, 0) is 6.07 Å². The fourth-order valence-corrected chi connectivity index (χ4v) is 4.38. The second-order valence-corrected chi connectivity index (χ2v) is 8.02. The van der Waals surface area contributed by atoms with Gasteiger partial charge in [0.2, 0.25) is 0 Å². The molecule has 1 atom stereocenters. The number of pyridine rings is 1. The number of hydrogen-bond donors (Lipinski definition) is 2. The summed E-state index contributed by atoms with van der Waals surface area (Å²) in [4.78, 5) is 17.1. The van der Waals surface area contributed by atoms with Crippen LogP contribution in [0.5, 0.6) is 0 Å². The predicted octanol–water partition coefficient (Wildman–Crippen LogP) is 1.48. The van der Waals surface area contributed by atoms with Crippen molar-refractivity contribution in [3.05, 3.63) is 33.5 Å². The normalized spacial score (nSPS) is 22.3. The third-order valence-corrected chi connectivity index (χ3v) is 6.37. The molecule has 0 amide bonds. The predicted molar refractivity (Wildman–Crippen MR) is 108 cm³/mol. The van der Waals surface area contributed by atoms with Crippen LogP contribution in [-0.2, 0) is 0 Å². The highest BCUT2D eigenvalue weighted by molar-refractivity contribution is 8.04. The number of amidine groups is 1. The molecule has 1 fully saturated rings. The number of piperazine rings is 1. The summed E-state index contributed by atoms with van der Waals surface area (Å²) in [6.07, 6.45) is 3.55. The smallest absolute Gasteiger partial charge is 0.180 e. The van der Waals surface area contributed by atoms with Crippen molar-refractivity contribution in [3.63, 3.8) is 0 Å². The molecule has 0 bridgehead atoms. The second-order valence-electron chi connectivity index (χ2n) is 6.20. The van der Waals surface area contributed by atoms with Gasteiger partial charge in [-0.3, -0.25) is 9.80 Å². The second kappa shape index (κ2) is 8.77. The van der Waals surface area contributed by atoms with E-state index in [1.54, 1.807) is 6.20 Å². The van der Waals surface area contributed by atoms with Gasteiger partial charge in [-0.25, -0.2) is 9.98 Å². The van der Waals surface area contributed by atoms with Crippen LogP contribution in [-0.4, -0.2) is 78.1 Å². The Bertz CT molecular complexity index is 704. The summed E-state index contributed by atoms with van der Waals surface area (Å²) in [5, 5.41) is 0.707. The Kier molecular flexibility index (Phi) is 6.65. The summed E-state index contributed by atoms with van der Waals surface area (Å²) in [7, 11) is 2.01. The average molecular weight is 416 g/mol. The lowest BCUT2D eigenvalue weighted by atomic mass is 10.3. The Hall–Kier alpha value is -1.03. The molecule has 1 aromatic heterocycles. The highest BCUT2D eigenvalue weighted by Crippen LogP contribution is 2.37. The van der Waals surface area contributed by atoms with E-state index in [1.165, 1.54) is 11.8 Å². The van der Waals surface area contributed by atoms with Crippen molar-refractivity contribution >= 4 is 40.8 Å². The summed E-state index contributed by atoms with van der Waals surface area (Å²) in [5.41, 5.74) is 11.9. The molecular formula is C16H23Cl2N7S. The molecule has 0 spiro atoms. The van der Waals surface area contributed by atoms with Crippen molar-refractivity contribution in [3.8, 4) is 0 Å². The van der Waals surface area contributed by atoms with Gasteiger partial charge in [0.15, 0.2) is 6.29 Å². The number of aliphatic imine (C=N–C) groups is 1. The molecule has 2 aliphatic heterocycles. The summed E-state index contributed by atoms with van der Waals surface area (Å²) >= 11 is 13.7. The van der Waals surface area contributed by atoms with Gasteiger partial charge in [-0.1, -0.05) is 35.0 Å². The summed E-state index contributed by atoms with van der Waals surface area (Å²) in [6, 6.07) is 1.82. The highest BCUT2D eigenvalue weighted by Gasteiger charge is 2.29. The Balaban J connectivity index is 1.67. The third kappa shape index (κ3) is 4.44. The topological polar surface area (TPSA) is 87.0 Å². The Labute approximate surface area is 168 Å². The molecule has 2 aliphatic rings. The maximum atomic E-state index is 6.24. The van der Waals surface area contributed by atoms with Crippen LogP contribution in [0.4, 0.5) is 0 Å². The first kappa shape index (κ1) is 19.7. The minimum atomic E-state index is -0.0872. The van der Waals surface area contributed by atoms with Crippen LogP contribution >= 0.6 is 35.0 Å². The maximum absolute atomic E-state index is 6.24. The first-order valence-electron chi connectivity index (χ1n) is 8.41. The molecule has 0 aliphatic carbocycles. The number of rotatable bonds is 5. The third-order valence-electron chi connectivity index (χ3n) is 4.40. The van der Waals surface area contributed by atoms with Crippen molar-refractivity contribution in [1.29, 1.82) is 0 Å². The molecular weight excluding hydrogens is 393 g/mol. The van der Waals surface area contributed by atoms with Gasteiger partial charge in [-0.2, -0.15) is 0 Å². The molecule has 0 aromatic carbocycles. The number of thioether (sulfide) groups is 1. The molecule has 1 unspecified atom stereocenters. The molecule has 4 N–H and O–H groups in total. The Morgan fingerprint density at radius 1 is 1.27 bits per heavy atom. The number of aromatic nitrogens is 1. The van der Waals surface area contributed by atoms with Crippen LogP contribution in [0, 0.1) is 0 Å². The van der Waals surface area contributed by atoms with Crippen molar-refractivity contribution in [2.75, 3.05) is 46.3 Å². The first-order chi connectivity index (χ1) is 12.5. The van der Waals surface area contributed by atoms with E-state index >= 15 is 0 Å². The van der Waals surface area contributed by atoms with E-state index in [0.29, 0.717) is 17.4 Å². The van der Waals surface area contributed by atoms with E-state index in [0.717, 1.165) is 42.5 Å². The van der Waals surface area contributed by atoms with Gasteiger partial charge in [0.1, 0.15) is 11.0 Å². The van der Waals surface area contributed by atoms with Gasteiger partial charge < -0.3 is 16.4 Å². The van der Waals surface area contributed by atoms with Gasteiger partial charge >= 0.3 is 0 Å². The zero-order valence-electron chi connectivity index (χ0n) is 14.6. The number of nitrogens with two attached hydrogens (primary N) is 2. The molecule has 10 heteroatoms. The molecule has 0 saturated carbocycles. The van der Waals surface area contributed by atoms with Crippen LogP contribution in [0.3, 0.4) is 0 Å². The molecule has 1 saturated heterocycles. The lowest BCUT2D eigenvalue weighted by Gasteiger charge is -2.41. The lowest BCUT2D eigenvalue weighted by Crippen LogP contribution is -2.55. The van der Waals surface area contributed by atoms with Crippen molar-refractivity contribution < 1.29 is 0 Å². The lowest BCUT2D eigenvalue weighted by molar-refractivity contribution is 0.0448. The van der Waals surface area contributed by atoms with Crippen LogP contribution < -0.4 is 11.5 Å². The quantitative estimate of drug-likeness (QED) is 0.704. The molecule has 3 rings (SSSR count). The number of halogens is 2. The minimum absolute atomic E-state index is 0.0872. The zero-order valence-corrected chi connectivity index (χ0v) is 16.9. The van der Waals surface area contributed by atoms with Crippen LogP contribution in [0.15, 0.2) is 33.3 Å². The largest absolute Gasteiger partial charge is 0.383 e. The fraction of sp³-hybridized carbons (Fsp3) is 0.500. The Morgan fingerprint density at radius 2 is 2.00 bits per heavy atom. The van der Waals surface area contributed by atoms with Gasteiger partial charge in [0.05, 0.1) is 9.93 Å². The van der Waals surface area contributed by atoms with Gasteiger partial charge in [0.25, 0.3) is 0 Å². The van der Waals surface area contributed by atoms with E-state index in [2.05, 4.69) is 19.7 Å². The van der Waals surface area contributed by atoms with E-state index < -0.39 is 0 Å². The SMILES string of the molecule is CN1C=C(Sc2ccnc(Cl)c2Cl)C(N)=NC1N1CCN(CCN)CC1. The molecule has 3 heterocycles. The fourth-order valence-electron chi connectivity index (χ4n) is 3.01. The van der Waals surface area contributed by atoms with Gasteiger partial charge in [-0.15, -0.1) is 0 Å². The number of hydrogen-bond acceptors (Lipinski definition) is 8. The van der Waals surface area contributed by atoms with E-state index in [-0.39, 0.29) is 11.4 Å². The molecule has 142 valence electrons. The summed E-state index contributed by atoms with van der Waals surface area (Å²) in [5.74, 6) is 0.506. The summed E-state index contributed by atoms with van der Waals surface area (Å²) < 4.78 is 0. The Morgan fingerprint density at radius 3 is 2.69 bits per heavy atom. The van der Waals surface area contributed by atoms with E-state index in [1.807, 2.05) is 19.3 Å². The summed E-state index contributed by atoms with van der Waals surface area (Å²) in [6.45, 7) is 5.50. The van der Waals surface area contributed by atoms with Crippen molar-refractivity contribution in [2.45, 2.75) is 11.2 Å². The average Bonchev–Trinajstić information content (AvgIpc) is 2.63. The molecule has 7 nitrogen and oxygen atoms in total.